The van der Waals surface area contributed by atoms with Crippen molar-refractivity contribution in [3.05, 3.63) is 77.5 Å². The number of hydrogen-bond acceptors (Lipinski definition) is 3. The molecule has 0 aliphatic rings. The Kier molecular flexibility index (Phi) is 5.53. The number of rotatable bonds is 4. The van der Waals surface area contributed by atoms with Crippen molar-refractivity contribution < 1.29 is 14.3 Å². The predicted molar refractivity (Wildman–Crippen MR) is 94.2 cm³/mol. The van der Waals surface area contributed by atoms with Crippen molar-refractivity contribution in [1.29, 1.82) is 0 Å². The minimum absolute atomic E-state index is 0.102. The molecule has 0 saturated heterocycles. The summed E-state index contributed by atoms with van der Waals surface area (Å²) in [5.41, 5.74) is 0.723. The quantitative estimate of drug-likeness (QED) is 0.688. The molecule has 0 fully saturated rings. The number of nitrogens with one attached hydrogen (secondary N) is 1. The fourth-order valence-corrected chi connectivity index (χ4v) is 1.98. The number of carbonyl (C=O) groups excluding carboxylic acids is 2. The molecule has 0 unspecified atom stereocenters. The molecule has 0 aromatic heterocycles. The monoisotopic (exact) mass is 323 g/mol. The second-order valence-corrected chi connectivity index (χ2v) is 6.29. The van der Waals surface area contributed by atoms with E-state index >= 15 is 0 Å². The molecule has 4 nitrogen and oxygen atoms in total. The van der Waals surface area contributed by atoms with Crippen LogP contribution in [-0.2, 0) is 9.53 Å². The van der Waals surface area contributed by atoms with Crippen molar-refractivity contribution in [1.82, 2.24) is 5.32 Å². The summed E-state index contributed by atoms with van der Waals surface area (Å²) in [6, 6.07) is 18.0. The van der Waals surface area contributed by atoms with E-state index in [1.54, 1.807) is 51.1 Å². The van der Waals surface area contributed by atoms with Crippen molar-refractivity contribution >= 4 is 18.0 Å². The van der Waals surface area contributed by atoms with E-state index in [0.29, 0.717) is 5.56 Å². The Morgan fingerprint density at radius 3 is 2.00 bits per heavy atom. The van der Waals surface area contributed by atoms with Gasteiger partial charge in [0.2, 0.25) is 0 Å². The van der Waals surface area contributed by atoms with Crippen molar-refractivity contribution in [2.24, 2.45) is 0 Å². The lowest BCUT2D eigenvalue weighted by molar-refractivity contribution is -0.150. The maximum absolute atomic E-state index is 12.4. The van der Waals surface area contributed by atoms with E-state index in [9.17, 15) is 9.59 Å². The summed E-state index contributed by atoms with van der Waals surface area (Å²) in [5.74, 6) is -0.931. The lowest BCUT2D eigenvalue weighted by Crippen LogP contribution is -2.32. The van der Waals surface area contributed by atoms with Gasteiger partial charge in [0.05, 0.1) is 0 Å². The zero-order chi connectivity index (χ0) is 17.6. The number of carbonyl (C=O) groups is 2. The maximum Gasteiger partial charge on any atom is 0.355 e. The van der Waals surface area contributed by atoms with E-state index < -0.39 is 11.6 Å². The molecule has 4 heteroatoms. The third-order valence-electron chi connectivity index (χ3n) is 3.01. The summed E-state index contributed by atoms with van der Waals surface area (Å²) in [4.78, 5) is 24.8. The van der Waals surface area contributed by atoms with Gasteiger partial charge in [0.1, 0.15) is 11.3 Å². The highest BCUT2D eigenvalue weighted by Crippen LogP contribution is 2.13. The lowest BCUT2D eigenvalue weighted by Gasteiger charge is -2.21. The number of ether oxygens (including phenoxy) is 1. The molecular weight excluding hydrogens is 302 g/mol. The van der Waals surface area contributed by atoms with Crippen LogP contribution in [0, 0.1) is 0 Å². The van der Waals surface area contributed by atoms with Crippen LogP contribution in [0.3, 0.4) is 0 Å². The SMILES string of the molecule is CC(C)(C)OC(=O)/C(=C\c1ccccc1)NC(=O)c1ccccc1. The first-order chi connectivity index (χ1) is 11.3. The van der Waals surface area contributed by atoms with E-state index in [0.717, 1.165) is 5.56 Å². The van der Waals surface area contributed by atoms with E-state index in [-0.39, 0.29) is 11.6 Å². The van der Waals surface area contributed by atoms with Crippen LogP contribution >= 0.6 is 0 Å². The minimum atomic E-state index is -0.648. The van der Waals surface area contributed by atoms with Crippen LogP contribution in [0.25, 0.3) is 6.08 Å². The van der Waals surface area contributed by atoms with Crippen LogP contribution in [0.1, 0.15) is 36.7 Å². The van der Waals surface area contributed by atoms with Gasteiger partial charge in [0.25, 0.3) is 5.91 Å². The first kappa shape index (κ1) is 17.5. The molecule has 0 atom stereocenters. The van der Waals surface area contributed by atoms with E-state index in [1.165, 1.54) is 0 Å². The summed E-state index contributed by atoms with van der Waals surface area (Å²) < 4.78 is 5.39. The fraction of sp³-hybridized carbons (Fsp3) is 0.200. The first-order valence-corrected chi connectivity index (χ1v) is 7.72. The molecule has 0 saturated carbocycles. The topological polar surface area (TPSA) is 55.4 Å². The molecule has 0 bridgehead atoms. The highest BCUT2D eigenvalue weighted by Gasteiger charge is 2.21. The molecule has 2 aromatic carbocycles. The van der Waals surface area contributed by atoms with Gasteiger partial charge in [-0.05, 0) is 44.5 Å². The summed E-state index contributed by atoms with van der Waals surface area (Å²) in [5, 5.41) is 2.65. The highest BCUT2D eigenvalue weighted by atomic mass is 16.6. The van der Waals surface area contributed by atoms with E-state index in [4.69, 9.17) is 4.74 Å². The molecule has 0 aliphatic carbocycles. The van der Waals surface area contributed by atoms with Crippen molar-refractivity contribution in [3.8, 4) is 0 Å². The normalized spacial score (nSPS) is 11.7. The molecule has 1 N–H and O–H groups in total. The summed E-state index contributed by atoms with van der Waals surface area (Å²) in [6.07, 6.45) is 1.61. The smallest absolute Gasteiger partial charge is 0.355 e. The standard InChI is InChI=1S/C20H21NO3/c1-20(2,3)24-19(23)17(14-15-10-6-4-7-11-15)21-18(22)16-12-8-5-9-13-16/h4-14H,1-3H3,(H,21,22)/b17-14+. The van der Waals surface area contributed by atoms with Crippen molar-refractivity contribution in [3.63, 3.8) is 0 Å². The van der Waals surface area contributed by atoms with Crippen LogP contribution in [-0.4, -0.2) is 17.5 Å². The van der Waals surface area contributed by atoms with Crippen molar-refractivity contribution in [2.45, 2.75) is 26.4 Å². The lowest BCUT2D eigenvalue weighted by atomic mass is 10.1. The van der Waals surface area contributed by atoms with Crippen LogP contribution in [0.2, 0.25) is 0 Å². The van der Waals surface area contributed by atoms with E-state index in [2.05, 4.69) is 5.32 Å². The Morgan fingerprint density at radius 2 is 1.46 bits per heavy atom. The maximum atomic E-state index is 12.4. The molecule has 2 rings (SSSR count). The zero-order valence-electron chi connectivity index (χ0n) is 14.1. The van der Waals surface area contributed by atoms with Crippen LogP contribution in [0.5, 0.6) is 0 Å². The Labute approximate surface area is 142 Å². The molecule has 1 amide bonds. The minimum Gasteiger partial charge on any atom is -0.455 e. The van der Waals surface area contributed by atoms with Crippen LogP contribution in [0.4, 0.5) is 0 Å². The Bertz CT molecular complexity index is 728. The van der Waals surface area contributed by atoms with Gasteiger partial charge < -0.3 is 10.1 Å². The molecule has 2 aromatic rings. The molecule has 0 spiro atoms. The Hall–Kier alpha value is -2.88. The Balaban J connectivity index is 2.27. The molecular formula is C20H21NO3. The van der Waals surface area contributed by atoms with Gasteiger partial charge in [-0.3, -0.25) is 4.79 Å². The molecule has 0 radical (unpaired) electrons. The summed E-state index contributed by atoms with van der Waals surface area (Å²) in [6.45, 7) is 5.35. The third kappa shape index (κ3) is 5.39. The van der Waals surface area contributed by atoms with Gasteiger partial charge >= 0.3 is 5.97 Å². The van der Waals surface area contributed by atoms with Gasteiger partial charge in [0, 0.05) is 5.56 Å². The second-order valence-electron chi connectivity index (χ2n) is 6.29. The molecule has 0 aliphatic heterocycles. The summed E-state index contributed by atoms with van der Waals surface area (Å²) >= 11 is 0. The van der Waals surface area contributed by atoms with E-state index in [1.807, 2.05) is 36.4 Å². The Morgan fingerprint density at radius 1 is 0.917 bits per heavy atom. The predicted octanol–water partition coefficient (Wildman–Crippen LogP) is 3.80. The van der Waals surface area contributed by atoms with Gasteiger partial charge in [-0.25, -0.2) is 4.79 Å². The average molecular weight is 323 g/mol. The van der Waals surface area contributed by atoms with Crippen molar-refractivity contribution in [2.75, 3.05) is 0 Å². The first-order valence-electron chi connectivity index (χ1n) is 7.72. The number of amides is 1. The number of hydrogen-bond donors (Lipinski definition) is 1. The molecule has 0 heterocycles. The van der Waals surface area contributed by atoms with Gasteiger partial charge in [-0.15, -0.1) is 0 Å². The number of esters is 1. The van der Waals surface area contributed by atoms with Crippen LogP contribution in [0.15, 0.2) is 66.4 Å². The average Bonchev–Trinajstić information content (AvgIpc) is 2.54. The largest absolute Gasteiger partial charge is 0.455 e. The second kappa shape index (κ2) is 7.59. The summed E-state index contributed by atoms with van der Waals surface area (Å²) in [7, 11) is 0. The third-order valence-corrected chi connectivity index (χ3v) is 3.01. The van der Waals surface area contributed by atoms with Gasteiger partial charge in [-0.1, -0.05) is 48.5 Å². The van der Waals surface area contributed by atoms with Crippen LogP contribution < -0.4 is 5.32 Å². The molecule has 24 heavy (non-hydrogen) atoms. The van der Waals surface area contributed by atoms with Gasteiger partial charge in [-0.2, -0.15) is 0 Å². The van der Waals surface area contributed by atoms with Gasteiger partial charge in [0.15, 0.2) is 0 Å². The fourth-order valence-electron chi connectivity index (χ4n) is 1.98. The zero-order valence-corrected chi connectivity index (χ0v) is 14.1. The number of benzene rings is 2. The molecule has 124 valence electrons. The highest BCUT2D eigenvalue weighted by molar-refractivity contribution is 6.03.